The van der Waals surface area contributed by atoms with Gasteiger partial charge in [0.1, 0.15) is 0 Å². The number of nitrogens with one attached hydrogen (secondary N) is 1. The molecule has 0 aromatic heterocycles. The van der Waals surface area contributed by atoms with E-state index in [1.54, 1.807) is 0 Å². The van der Waals surface area contributed by atoms with Crippen molar-refractivity contribution in [2.45, 2.75) is 38.0 Å². The molecule has 1 aliphatic heterocycles. The van der Waals surface area contributed by atoms with Crippen molar-refractivity contribution in [2.24, 2.45) is 0 Å². The summed E-state index contributed by atoms with van der Waals surface area (Å²) in [6.07, 6.45) is 3.10. The van der Waals surface area contributed by atoms with Gasteiger partial charge < -0.3 is 10.1 Å². The summed E-state index contributed by atoms with van der Waals surface area (Å²) in [7, 11) is 0. The molecule has 0 unspecified atom stereocenters. The maximum Gasteiger partial charge on any atom is 0.220 e. The van der Waals surface area contributed by atoms with Crippen molar-refractivity contribution in [3.05, 3.63) is 70.2 Å². The Bertz CT molecular complexity index is 736. The molecule has 0 atom stereocenters. The van der Waals surface area contributed by atoms with E-state index in [2.05, 4.69) is 42.6 Å². The lowest BCUT2D eigenvalue weighted by molar-refractivity contribution is -0.121. The van der Waals surface area contributed by atoms with Gasteiger partial charge in [0.05, 0.1) is 0 Å². The highest BCUT2D eigenvalue weighted by atomic mass is 35.5. The van der Waals surface area contributed by atoms with Gasteiger partial charge in [0.15, 0.2) is 0 Å². The Labute approximate surface area is 160 Å². The third-order valence-electron chi connectivity index (χ3n) is 5.25. The zero-order chi connectivity index (χ0) is 18.4. The lowest BCUT2D eigenvalue weighted by Crippen LogP contribution is -2.44. The minimum absolute atomic E-state index is 0.0676. The molecule has 1 heterocycles. The van der Waals surface area contributed by atoms with E-state index >= 15 is 0 Å². The standard InChI is InChI=1S/C22H26ClNO2/c1-17-3-2-4-18(15-17)5-10-21(25)24-16-22(11-13-26-14-12-22)19-6-8-20(23)9-7-19/h2-4,6-9,15H,5,10-14,16H2,1H3,(H,24,25). The highest BCUT2D eigenvalue weighted by Gasteiger charge is 2.34. The molecule has 0 spiro atoms. The molecule has 1 aliphatic rings. The summed E-state index contributed by atoms with van der Waals surface area (Å²) >= 11 is 6.04. The Kier molecular flexibility index (Phi) is 6.33. The van der Waals surface area contributed by atoms with Crippen molar-refractivity contribution in [3.8, 4) is 0 Å². The van der Waals surface area contributed by atoms with Crippen molar-refractivity contribution >= 4 is 17.5 Å². The van der Waals surface area contributed by atoms with E-state index in [0.717, 1.165) is 37.5 Å². The number of halogens is 1. The molecule has 1 fully saturated rings. The smallest absolute Gasteiger partial charge is 0.220 e. The number of hydrogen-bond donors (Lipinski definition) is 1. The Morgan fingerprint density at radius 2 is 1.88 bits per heavy atom. The summed E-state index contributed by atoms with van der Waals surface area (Å²) in [6.45, 7) is 4.17. The van der Waals surface area contributed by atoms with Crippen LogP contribution in [0.4, 0.5) is 0 Å². The zero-order valence-corrected chi connectivity index (χ0v) is 16.0. The summed E-state index contributed by atoms with van der Waals surface area (Å²) in [4.78, 5) is 12.4. The Morgan fingerprint density at radius 3 is 2.58 bits per heavy atom. The molecule has 0 aliphatic carbocycles. The molecule has 3 nitrogen and oxygen atoms in total. The van der Waals surface area contributed by atoms with Gasteiger partial charge >= 0.3 is 0 Å². The van der Waals surface area contributed by atoms with E-state index < -0.39 is 0 Å². The number of aryl methyl sites for hydroxylation is 2. The molecule has 2 aromatic carbocycles. The molecule has 138 valence electrons. The van der Waals surface area contributed by atoms with E-state index in [4.69, 9.17) is 16.3 Å². The van der Waals surface area contributed by atoms with Crippen LogP contribution in [0, 0.1) is 6.92 Å². The normalized spacial score (nSPS) is 16.2. The molecule has 4 heteroatoms. The van der Waals surface area contributed by atoms with Crippen molar-refractivity contribution in [1.82, 2.24) is 5.32 Å². The van der Waals surface area contributed by atoms with Gasteiger partial charge in [0.25, 0.3) is 0 Å². The topological polar surface area (TPSA) is 38.3 Å². The molecule has 1 N–H and O–H groups in total. The first-order valence-electron chi connectivity index (χ1n) is 9.23. The number of rotatable bonds is 6. The van der Waals surface area contributed by atoms with Gasteiger partial charge in [-0.1, -0.05) is 53.6 Å². The molecular formula is C22H26ClNO2. The van der Waals surface area contributed by atoms with Gasteiger partial charge in [-0.05, 0) is 49.4 Å². The summed E-state index contributed by atoms with van der Waals surface area (Å²) in [5.41, 5.74) is 3.59. The predicted molar refractivity (Wildman–Crippen MR) is 106 cm³/mol. The van der Waals surface area contributed by atoms with Gasteiger partial charge in [-0.15, -0.1) is 0 Å². The second kappa shape index (κ2) is 8.70. The molecular weight excluding hydrogens is 346 g/mol. The fourth-order valence-electron chi connectivity index (χ4n) is 3.61. The first kappa shape index (κ1) is 18.9. The maximum absolute atomic E-state index is 12.4. The SMILES string of the molecule is Cc1cccc(CCC(=O)NCC2(c3ccc(Cl)cc3)CCOCC2)c1. The van der Waals surface area contributed by atoms with E-state index in [0.29, 0.717) is 13.0 Å². The summed E-state index contributed by atoms with van der Waals surface area (Å²) in [6, 6.07) is 16.3. The van der Waals surface area contributed by atoms with Crippen molar-refractivity contribution < 1.29 is 9.53 Å². The Morgan fingerprint density at radius 1 is 1.15 bits per heavy atom. The van der Waals surface area contributed by atoms with Crippen LogP contribution >= 0.6 is 11.6 Å². The number of carbonyl (C=O) groups excluding carboxylic acids is 1. The molecule has 0 radical (unpaired) electrons. The van der Waals surface area contributed by atoms with Gasteiger partial charge in [-0.25, -0.2) is 0 Å². The van der Waals surface area contributed by atoms with Gasteiger partial charge in [0, 0.05) is 36.6 Å². The number of hydrogen-bond acceptors (Lipinski definition) is 2. The van der Waals surface area contributed by atoms with E-state index in [1.165, 1.54) is 16.7 Å². The van der Waals surface area contributed by atoms with Crippen LogP contribution in [-0.4, -0.2) is 25.7 Å². The highest BCUT2D eigenvalue weighted by Crippen LogP contribution is 2.34. The minimum atomic E-state index is -0.0676. The molecule has 3 rings (SSSR count). The van der Waals surface area contributed by atoms with Crippen LogP contribution in [0.25, 0.3) is 0 Å². The molecule has 1 amide bonds. The lowest BCUT2D eigenvalue weighted by Gasteiger charge is -2.38. The highest BCUT2D eigenvalue weighted by molar-refractivity contribution is 6.30. The van der Waals surface area contributed by atoms with Crippen LogP contribution in [0.15, 0.2) is 48.5 Å². The van der Waals surface area contributed by atoms with E-state index in [9.17, 15) is 4.79 Å². The summed E-state index contributed by atoms with van der Waals surface area (Å²) in [5.74, 6) is 0.103. The van der Waals surface area contributed by atoms with Crippen LogP contribution in [-0.2, 0) is 21.4 Å². The Hall–Kier alpha value is -1.84. The van der Waals surface area contributed by atoms with Crippen molar-refractivity contribution in [1.29, 1.82) is 0 Å². The number of ether oxygens (including phenoxy) is 1. The Balaban J connectivity index is 1.60. The van der Waals surface area contributed by atoms with Crippen molar-refractivity contribution in [2.75, 3.05) is 19.8 Å². The van der Waals surface area contributed by atoms with Crippen molar-refractivity contribution in [3.63, 3.8) is 0 Å². The van der Waals surface area contributed by atoms with E-state index in [1.807, 2.05) is 18.2 Å². The second-order valence-corrected chi connectivity index (χ2v) is 7.60. The lowest BCUT2D eigenvalue weighted by atomic mass is 9.74. The third kappa shape index (κ3) is 4.87. The number of benzene rings is 2. The fraction of sp³-hybridized carbons (Fsp3) is 0.409. The fourth-order valence-corrected chi connectivity index (χ4v) is 3.74. The molecule has 0 bridgehead atoms. The summed E-state index contributed by atoms with van der Waals surface area (Å²) in [5, 5.41) is 3.90. The monoisotopic (exact) mass is 371 g/mol. The van der Waals surface area contributed by atoms with E-state index in [-0.39, 0.29) is 11.3 Å². The summed E-state index contributed by atoms with van der Waals surface area (Å²) < 4.78 is 5.55. The van der Waals surface area contributed by atoms with Crippen LogP contribution < -0.4 is 5.32 Å². The molecule has 26 heavy (non-hydrogen) atoms. The average molecular weight is 372 g/mol. The number of amides is 1. The second-order valence-electron chi connectivity index (χ2n) is 7.17. The third-order valence-corrected chi connectivity index (χ3v) is 5.51. The van der Waals surface area contributed by atoms with Gasteiger partial charge in [-0.3, -0.25) is 4.79 Å². The molecule has 0 saturated carbocycles. The number of carbonyl (C=O) groups is 1. The minimum Gasteiger partial charge on any atom is -0.381 e. The predicted octanol–water partition coefficient (Wildman–Crippen LogP) is 4.45. The van der Waals surface area contributed by atoms with Crippen LogP contribution in [0.3, 0.4) is 0 Å². The van der Waals surface area contributed by atoms with Crippen LogP contribution in [0.2, 0.25) is 5.02 Å². The largest absolute Gasteiger partial charge is 0.381 e. The van der Waals surface area contributed by atoms with Crippen LogP contribution in [0.1, 0.15) is 36.0 Å². The first-order chi connectivity index (χ1) is 12.6. The van der Waals surface area contributed by atoms with Crippen LogP contribution in [0.5, 0.6) is 0 Å². The zero-order valence-electron chi connectivity index (χ0n) is 15.3. The van der Waals surface area contributed by atoms with Gasteiger partial charge in [0.2, 0.25) is 5.91 Å². The maximum atomic E-state index is 12.4. The molecule has 2 aromatic rings. The molecule has 1 saturated heterocycles. The van der Waals surface area contributed by atoms with Gasteiger partial charge in [-0.2, -0.15) is 0 Å². The first-order valence-corrected chi connectivity index (χ1v) is 9.61. The quantitative estimate of drug-likeness (QED) is 0.814. The average Bonchev–Trinajstić information content (AvgIpc) is 2.66.